The molecule has 26 heavy (non-hydrogen) atoms. The van der Waals surface area contributed by atoms with Crippen molar-refractivity contribution in [1.82, 2.24) is 9.78 Å². The van der Waals surface area contributed by atoms with Crippen LogP contribution in [-0.2, 0) is 11.3 Å². The lowest BCUT2D eigenvalue weighted by Crippen LogP contribution is -2.19. The van der Waals surface area contributed by atoms with Gasteiger partial charge in [-0.1, -0.05) is 17.7 Å². The SMILES string of the molecule is Cc1ccc(-c2nn(CC(=O)Nc3ccc(C(=O)O)cc3)c(=S)o2)cc1. The van der Waals surface area contributed by atoms with Crippen molar-refractivity contribution in [2.24, 2.45) is 0 Å². The van der Waals surface area contributed by atoms with E-state index in [4.69, 9.17) is 21.7 Å². The Balaban J connectivity index is 1.70. The van der Waals surface area contributed by atoms with Crippen molar-refractivity contribution in [3.05, 3.63) is 64.5 Å². The predicted octanol–water partition coefficient (Wildman–Crippen LogP) is 3.52. The number of aromatic carboxylic acids is 1. The van der Waals surface area contributed by atoms with Crippen molar-refractivity contribution in [3.63, 3.8) is 0 Å². The third kappa shape index (κ3) is 4.04. The van der Waals surface area contributed by atoms with E-state index in [9.17, 15) is 9.59 Å². The number of amides is 1. The van der Waals surface area contributed by atoms with Gasteiger partial charge < -0.3 is 14.8 Å². The van der Waals surface area contributed by atoms with Gasteiger partial charge in [-0.05, 0) is 55.5 Å². The van der Waals surface area contributed by atoms with Crippen LogP contribution < -0.4 is 5.32 Å². The molecule has 7 nitrogen and oxygen atoms in total. The number of rotatable bonds is 5. The van der Waals surface area contributed by atoms with Crippen LogP contribution >= 0.6 is 12.2 Å². The van der Waals surface area contributed by atoms with Crippen LogP contribution in [0.2, 0.25) is 0 Å². The molecule has 1 amide bonds. The molecule has 2 N–H and O–H groups in total. The molecule has 0 unspecified atom stereocenters. The first-order valence-electron chi connectivity index (χ1n) is 7.70. The molecule has 0 saturated heterocycles. The van der Waals surface area contributed by atoms with Gasteiger partial charge in [-0.25, -0.2) is 9.48 Å². The highest BCUT2D eigenvalue weighted by molar-refractivity contribution is 7.71. The third-order valence-electron chi connectivity index (χ3n) is 3.61. The topological polar surface area (TPSA) is 97.4 Å². The van der Waals surface area contributed by atoms with Gasteiger partial charge in [-0.15, -0.1) is 5.10 Å². The quantitative estimate of drug-likeness (QED) is 0.668. The van der Waals surface area contributed by atoms with Crippen LogP contribution in [-0.4, -0.2) is 26.8 Å². The summed E-state index contributed by atoms with van der Waals surface area (Å²) in [6.07, 6.45) is 0. The Labute approximate surface area is 153 Å². The highest BCUT2D eigenvalue weighted by Crippen LogP contribution is 2.18. The number of nitrogens with one attached hydrogen (secondary N) is 1. The molecule has 0 radical (unpaired) electrons. The minimum Gasteiger partial charge on any atom is -0.478 e. The van der Waals surface area contributed by atoms with Gasteiger partial charge in [0.1, 0.15) is 6.54 Å². The van der Waals surface area contributed by atoms with Crippen LogP contribution in [0.1, 0.15) is 15.9 Å². The minimum atomic E-state index is -1.03. The fourth-order valence-electron chi connectivity index (χ4n) is 2.25. The Hall–Kier alpha value is -3.26. The molecule has 0 bridgehead atoms. The van der Waals surface area contributed by atoms with Crippen molar-refractivity contribution in [2.75, 3.05) is 5.32 Å². The molecular formula is C18H15N3O4S. The molecule has 2 aromatic carbocycles. The first-order chi connectivity index (χ1) is 12.4. The Morgan fingerprint density at radius 1 is 1.15 bits per heavy atom. The molecule has 8 heteroatoms. The van der Waals surface area contributed by atoms with Crippen LogP contribution in [0.15, 0.2) is 52.9 Å². The second-order valence-electron chi connectivity index (χ2n) is 5.63. The second kappa shape index (κ2) is 7.32. The van der Waals surface area contributed by atoms with Gasteiger partial charge in [0.05, 0.1) is 5.56 Å². The van der Waals surface area contributed by atoms with Gasteiger partial charge in [0.15, 0.2) is 0 Å². The summed E-state index contributed by atoms with van der Waals surface area (Å²) in [6, 6.07) is 13.4. The Morgan fingerprint density at radius 2 is 1.81 bits per heavy atom. The van der Waals surface area contributed by atoms with Gasteiger partial charge >= 0.3 is 5.97 Å². The van der Waals surface area contributed by atoms with Crippen LogP contribution in [0.25, 0.3) is 11.5 Å². The van der Waals surface area contributed by atoms with E-state index >= 15 is 0 Å². The zero-order chi connectivity index (χ0) is 18.7. The summed E-state index contributed by atoms with van der Waals surface area (Å²) in [5.74, 6) is -1.04. The molecule has 0 aliphatic carbocycles. The molecule has 0 atom stereocenters. The first kappa shape index (κ1) is 17.6. The van der Waals surface area contributed by atoms with E-state index < -0.39 is 5.97 Å². The molecule has 3 rings (SSSR count). The number of carboxylic acids is 1. The van der Waals surface area contributed by atoms with E-state index in [1.165, 1.54) is 28.9 Å². The number of nitrogens with zero attached hydrogens (tertiary/aromatic N) is 2. The summed E-state index contributed by atoms with van der Waals surface area (Å²) in [6.45, 7) is 1.86. The van der Waals surface area contributed by atoms with Gasteiger partial charge in [0, 0.05) is 11.3 Å². The predicted molar refractivity (Wildman–Crippen MR) is 97.5 cm³/mol. The van der Waals surface area contributed by atoms with Crippen molar-refractivity contribution in [2.45, 2.75) is 13.5 Å². The average Bonchev–Trinajstić information content (AvgIpc) is 2.96. The largest absolute Gasteiger partial charge is 0.478 e. The van der Waals surface area contributed by atoms with Crippen LogP contribution in [0, 0.1) is 11.8 Å². The highest BCUT2D eigenvalue weighted by Gasteiger charge is 2.12. The molecular weight excluding hydrogens is 354 g/mol. The molecule has 132 valence electrons. The zero-order valence-corrected chi connectivity index (χ0v) is 14.6. The molecule has 0 spiro atoms. The van der Waals surface area contributed by atoms with Crippen molar-refractivity contribution in [1.29, 1.82) is 0 Å². The maximum atomic E-state index is 12.2. The van der Waals surface area contributed by atoms with Crippen LogP contribution in [0.5, 0.6) is 0 Å². The number of aromatic nitrogens is 2. The lowest BCUT2D eigenvalue weighted by atomic mass is 10.1. The minimum absolute atomic E-state index is 0.0944. The standard InChI is InChI=1S/C18H15N3O4S/c1-11-2-4-12(5-3-11)16-20-21(18(26)25-16)10-15(22)19-14-8-6-13(7-9-14)17(23)24/h2-9H,10H2,1H3,(H,19,22)(H,23,24). The zero-order valence-electron chi connectivity index (χ0n) is 13.8. The maximum Gasteiger partial charge on any atom is 0.335 e. The number of carbonyl (C=O) groups is 2. The Kier molecular flexibility index (Phi) is 4.94. The molecule has 0 aliphatic heterocycles. The lowest BCUT2D eigenvalue weighted by molar-refractivity contribution is -0.117. The molecule has 0 fully saturated rings. The van der Waals surface area contributed by atoms with Crippen molar-refractivity contribution < 1.29 is 19.1 Å². The van der Waals surface area contributed by atoms with E-state index in [1.807, 2.05) is 31.2 Å². The number of hydrogen-bond donors (Lipinski definition) is 2. The highest BCUT2D eigenvalue weighted by atomic mass is 32.1. The molecule has 0 aliphatic rings. The lowest BCUT2D eigenvalue weighted by Gasteiger charge is -2.05. The fourth-order valence-corrected chi connectivity index (χ4v) is 2.44. The summed E-state index contributed by atoms with van der Waals surface area (Å²) < 4.78 is 6.75. The number of hydrogen-bond acceptors (Lipinski definition) is 5. The van der Waals surface area contributed by atoms with Gasteiger partial charge in [0.25, 0.3) is 4.84 Å². The summed E-state index contributed by atoms with van der Waals surface area (Å²) in [7, 11) is 0. The molecule has 0 saturated carbocycles. The average molecular weight is 369 g/mol. The van der Waals surface area contributed by atoms with E-state index in [2.05, 4.69) is 10.4 Å². The van der Waals surface area contributed by atoms with Gasteiger partial charge in [-0.2, -0.15) is 0 Å². The van der Waals surface area contributed by atoms with Crippen molar-refractivity contribution in [3.8, 4) is 11.5 Å². The number of benzene rings is 2. The number of anilines is 1. The fraction of sp³-hybridized carbons (Fsp3) is 0.111. The van der Waals surface area contributed by atoms with Gasteiger partial charge in [-0.3, -0.25) is 4.79 Å². The van der Waals surface area contributed by atoms with Crippen LogP contribution in [0.3, 0.4) is 0 Å². The third-order valence-corrected chi connectivity index (χ3v) is 3.91. The first-order valence-corrected chi connectivity index (χ1v) is 8.11. The summed E-state index contributed by atoms with van der Waals surface area (Å²) in [5.41, 5.74) is 2.50. The van der Waals surface area contributed by atoms with Crippen molar-refractivity contribution >= 4 is 29.8 Å². The monoisotopic (exact) mass is 369 g/mol. The maximum absolute atomic E-state index is 12.2. The van der Waals surface area contributed by atoms with Crippen LogP contribution in [0.4, 0.5) is 5.69 Å². The summed E-state index contributed by atoms with van der Waals surface area (Å²) in [4.78, 5) is 23.1. The van der Waals surface area contributed by atoms with Gasteiger partial charge in [0.2, 0.25) is 11.8 Å². The van der Waals surface area contributed by atoms with E-state index in [-0.39, 0.29) is 22.9 Å². The van der Waals surface area contributed by atoms with E-state index in [1.54, 1.807) is 0 Å². The molecule has 1 aromatic heterocycles. The normalized spacial score (nSPS) is 10.5. The molecule has 3 aromatic rings. The smallest absolute Gasteiger partial charge is 0.335 e. The Morgan fingerprint density at radius 3 is 2.42 bits per heavy atom. The second-order valence-corrected chi connectivity index (χ2v) is 5.98. The number of carbonyl (C=O) groups excluding carboxylic acids is 1. The van der Waals surface area contributed by atoms with E-state index in [0.717, 1.165) is 11.1 Å². The number of carboxylic acid groups (broad SMARTS) is 1. The molecule has 1 heterocycles. The van der Waals surface area contributed by atoms with E-state index in [0.29, 0.717) is 11.6 Å². The number of aryl methyl sites for hydroxylation is 1. The summed E-state index contributed by atoms with van der Waals surface area (Å²) >= 11 is 5.12. The Bertz CT molecular complexity index is 1000. The summed E-state index contributed by atoms with van der Waals surface area (Å²) in [5, 5.41) is 15.8.